The molecule has 66 heavy (non-hydrogen) atoms. The van der Waals surface area contributed by atoms with E-state index in [2.05, 4.69) is 254 Å². The largest absolute Gasteiger partial charge is 0.455 e. The van der Waals surface area contributed by atoms with Gasteiger partial charge in [0.2, 0.25) is 0 Å². The molecule has 0 saturated heterocycles. The second kappa shape index (κ2) is 15.5. The minimum atomic E-state index is 0.872. The summed E-state index contributed by atoms with van der Waals surface area (Å²) in [6.45, 7) is 0. The molecule has 1 aromatic heterocycles. The smallest absolute Gasteiger partial charge is 0.143 e. The van der Waals surface area contributed by atoms with Crippen molar-refractivity contribution in [3.05, 3.63) is 249 Å². The van der Waals surface area contributed by atoms with Gasteiger partial charge in [0.25, 0.3) is 0 Å². The highest BCUT2D eigenvalue weighted by atomic mass is 16.3. The normalized spacial score (nSPS) is 11.6. The SMILES string of the molecule is c1ccc(-c2c(-c3ccccc3)c3cc(N(c4cccc(-c5ccc6ccccc6c5)c4)c4ccccc4-c4cccc5oc6c7ccccc7ccc6c45)ccc3c3ccccc23)cc1. The van der Waals surface area contributed by atoms with Crippen LogP contribution in [-0.2, 0) is 0 Å². The number of hydrogen-bond acceptors (Lipinski definition) is 2. The zero-order chi connectivity index (χ0) is 43.6. The quantitative estimate of drug-likeness (QED) is 0.149. The standard InChI is InChI=1S/C64H41NO/c1-3-19-44(20-4-1)61-55-29-12-11-27-52(55)53-38-36-50(41-58(53)62(61)45-21-5-2-6-22-45)65(49-25-15-24-47(40-49)48-34-33-42-17-7-8-23-46(42)39-48)59-31-14-13-28-54(59)56-30-16-32-60-63(56)57-37-35-43-18-9-10-26-51(43)64(57)66-60/h1-41H. The number of fused-ring (bicyclic) bond motifs is 9. The van der Waals surface area contributed by atoms with Crippen molar-refractivity contribution in [3.8, 4) is 44.5 Å². The molecule has 0 saturated carbocycles. The Kier molecular flexibility index (Phi) is 8.89. The van der Waals surface area contributed by atoms with Crippen LogP contribution in [0.5, 0.6) is 0 Å². The van der Waals surface area contributed by atoms with Crippen molar-refractivity contribution >= 4 is 82.1 Å². The number of benzene rings is 12. The van der Waals surface area contributed by atoms with E-state index >= 15 is 0 Å². The van der Waals surface area contributed by atoms with E-state index in [0.717, 1.165) is 66.5 Å². The minimum absolute atomic E-state index is 0.872. The summed E-state index contributed by atoms with van der Waals surface area (Å²) in [5, 5.41) is 11.8. The summed E-state index contributed by atoms with van der Waals surface area (Å²) in [5.74, 6) is 0. The van der Waals surface area contributed by atoms with Crippen LogP contribution in [0.4, 0.5) is 17.1 Å². The number of para-hydroxylation sites is 1. The van der Waals surface area contributed by atoms with Gasteiger partial charge in [-0.05, 0) is 125 Å². The molecule has 0 atom stereocenters. The number of furan rings is 1. The van der Waals surface area contributed by atoms with Gasteiger partial charge in [0, 0.05) is 33.1 Å². The van der Waals surface area contributed by atoms with E-state index in [1.165, 1.54) is 60.1 Å². The molecule has 13 rings (SSSR count). The molecular formula is C64H41NO. The van der Waals surface area contributed by atoms with E-state index < -0.39 is 0 Å². The second-order valence-electron chi connectivity index (χ2n) is 17.2. The molecule has 0 aliphatic carbocycles. The molecule has 2 nitrogen and oxygen atoms in total. The number of rotatable bonds is 7. The fourth-order valence-corrected chi connectivity index (χ4v) is 10.4. The zero-order valence-corrected chi connectivity index (χ0v) is 36.0. The third kappa shape index (κ3) is 6.18. The first-order valence-corrected chi connectivity index (χ1v) is 22.7. The lowest BCUT2D eigenvalue weighted by molar-refractivity contribution is 0.673. The van der Waals surface area contributed by atoms with E-state index in [-0.39, 0.29) is 0 Å². The van der Waals surface area contributed by atoms with Gasteiger partial charge in [-0.2, -0.15) is 0 Å². The van der Waals surface area contributed by atoms with Crippen LogP contribution in [0.15, 0.2) is 253 Å². The monoisotopic (exact) mass is 839 g/mol. The third-order valence-electron chi connectivity index (χ3n) is 13.4. The molecular weight excluding hydrogens is 799 g/mol. The van der Waals surface area contributed by atoms with Crippen LogP contribution >= 0.6 is 0 Å². The fourth-order valence-electron chi connectivity index (χ4n) is 10.4. The van der Waals surface area contributed by atoms with E-state index in [9.17, 15) is 0 Å². The summed E-state index contributed by atoms with van der Waals surface area (Å²) in [4.78, 5) is 2.46. The first-order valence-electron chi connectivity index (χ1n) is 22.7. The van der Waals surface area contributed by atoms with Crippen molar-refractivity contribution in [2.75, 3.05) is 4.90 Å². The highest BCUT2D eigenvalue weighted by Crippen LogP contribution is 2.49. The molecule has 0 bridgehead atoms. The van der Waals surface area contributed by atoms with Gasteiger partial charge in [-0.25, -0.2) is 0 Å². The maximum atomic E-state index is 6.77. The summed E-state index contributed by atoms with van der Waals surface area (Å²) in [5.41, 5.74) is 14.4. The average Bonchev–Trinajstić information content (AvgIpc) is 3.79. The van der Waals surface area contributed by atoms with E-state index in [0.29, 0.717) is 0 Å². The molecule has 0 aliphatic rings. The number of anilines is 3. The predicted molar refractivity (Wildman–Crippen MR) is 280 cm³/mol. The lowest BCUT2D eigenvalue weighted by Gasteiger charge is -2.29. The van der Waals surface area contributed by atoms with Crippen LogP contribution in [0.1, 0.15) is 0 Å². The van der Waals surface area contributed by atoms with E-state index in [1.54, 1.807) is 0 Å². The molecule has 0 aliphatic heterocycles. The zero-order valence-electron chi connectivity index (χ0n) is 36.0. The molecule has 1 heterocycles. The van der Waals surface area contributed by atoms with Gasteiger partial charge in [-0.3, -0.25) is 0 Å². The molecule has 13 aromatic rings. The minimum Gasteiger partial charge on any atom is -0.455 e. The molecule has 12 aromatic carbocycles. The van der Waals surface area contributed by atoms with Crippen molar-refractivity contribution in [1.82, 2.24) is 0 Å². The predicted octanol–water partition coefficient (Wildman–Crippen LogP) is 18.3. The van der Waals surface area contributed by atoms with Gasteiger partial charge >= 0.3 is 0 Å². The van der Waals surface area contributed by atoms with E-state index in [4.69, 9.17) is 4.42 Å². The topological polar surface area (TPSA) is 16.4 Å². The van der Waals surface area contributed by atoms with Crippen LogP contribution in [0.2, 0.25) is 0 Å². The van der Waals surface area contributed by atoms with Gasteiger partial charge in [-0.1, -0.05) is 200 Å². The highest BCUT2D eigenvalue weighted by Gasteiger charge is 2.24. The van der Waals surface area contributed by atoms with Gasteiger partial charge in [-0.15, -0.1) is 0 Å². The molecule has 0 N–H and O–H groups in total. The summed E-state index contributed by atoms with van der Waals surface area (Å²) >= 11 is 0. The van der Waals surface area contributed by atoms with Crippen LogP contribution in [-0.4, -0.2) is 0 Å². The maximum Gasteiger partial charge on any atom is 0.143 e. The first-order chi connectivity index (χ1) is 32.7. The molecule has 0 spiro atoms. The van der Waals surface area contributed by atoms with Crippen molar-refractivity contribution in [3.63, 3.8) is 0 Å². The van der Waals surface area contributed by atoms with Gasteiger partial charge in [0.05, 0.1) is 5.69 Å². The van der Waals surface area contributed by atoms with Gasteiger partial charge in [0.1, 0.15) is 11.2 Å². The summed E-state index contributed by atoms with van der Waals surface area (Å²) in [6, 6.07) is 90.4. The van der Waals surface area contributed by atoms with Crippen molar-refractivity contribution in [2.24, 2.45) is 0 Å². The van der Waals surface area contributed by atoms with Crippen LogP contribution < -0.4 is 4.90 Å². The van der Waals surface area contributed by atoms with Crippen molar-refractivity contribution in [2.45, 2.75) is 0 Å². The molecule has 308 valence electrons. The van der Waals surface area contributed by atoms with Crippen molar-refractivity contribution < 1.29 is 4.42 Å². The third-order valence-corrected chi connectivity index (χ3v) is 13.4. The molecule has 0 fully saturated rings. The fraction of sp³-hybridized carbons (Fsp3) is 0. The highest BCUT2D eigenvalue weighted by molar-refractivity contribution is 6.23. The number of nitrogens with zero attached hydrogens (tertiary/aromatic N) is 1. The Morgan fingerprint density at radius 3 is 1.67 bits per heavy atom. The lowest BCUT2D eigenvalue weighted by atomic mass is 9.85. The Balaban J connectivity index is 1.10. The lowest BCUT2D eigenvalue weighted by Crippen LogP contribution is -2.11. The molecule has 0 radical (unpaired) electrons. The maximum absolute atomic E-state index is 6.77. The Hall–Kier alpha value is -8.72. The van der Waals surface area contributed by atoms with Gasteiger partial charge in [0.15, 0.2) is 0 Å². The molecule has 0 unspecified atom stereocenters. The Morgan fingerprint density at radius 2 is 0.848 bits per heavy atom. The van der Waals surface area contributed by atoms with Gasteiger partial charge < -0.3 is 9.32 Å². The summed E-state index contributed by atoms with van der Waals surface area (Å²) in [6.07, 6.45) is 0. The summed E-state index contributed by atoms with van der Waals surface area (Å²) in [7, 11) is 0. The molecule has 0 amide bonds. The Labute approximate surface area is 382 Å². The summed E-state index contributed by atoms with van der Waals surface area (Å²) < 4.78 is 6.77. The van der Waals surface area contributed by atoms with Crippen molar-refractivity contribution in [1.29, 1.82) is 0 Å². The number of hydrogen-bond donors (Lipinski definition) is 0. The first kappa shape index (κ1) is 37.8. The Morgan fingerprint density at radius 1 is 0.288 bits per heavy atom. The molecule has 2 heteroatoms. The Bertz CT molecular complexity index is 4000. The van der Waals surface area contributed by atoms with E-state index in [1.807, 2.05) is 0 Å². The van der Waals surface area contributed by atoms with Crippen LogP contribution in [0.25, 0.3) is 110 Å². The average molecular weight is 840 g/mol. The second-order valence-corrected chi connectivity index (χ2v) is 17.2. The van der Waals surface area contributed by atoms with Crippen LogP contribution in [0.3, 0.4) is 0 Å². The van der Waals surface area contributed by atoms with Crippen LogP contribution in [0, 0.1) is 0 Å².